The SMILES string of the molecule is O=CN1CCN(c2ncc(C(F)(F)F)s2)CC1. The minimum atomic E-state index is -4.33. The molecule has 2 rings (SSSR count). The largest absolute Gasteiger partial charge is 0.427 e. The van der Waals surface area contributed by atoms with E-state index >= 15 is 0 Å². The predicted molar refractivity (Wildman–Crippen MR) is 57.0 cm³/mol. The fourth-order valence-electron chi connectivity index (χ4n) is 1.56. The van der Waals surface area contributed by atoms with E-state index in [9.17, 15) is 18.0 Å². The van der Waals surface area contributed by atoms with Crippen molar-refractivity contribution in [2.45, 2.75) is 6.18 Å². The molecule has 0 spiro atoms. The smallest absolute Gasteiger partial charge is 0.345 e. The number of carbonyl (C=O) groups excluding carboxylic acids is 1. The molecular formula is C9H10F3N3OS. The lowest BCUT2D eigenvalue weighted by Gasteiger charge is -2.32. The van der Waals surface area contributed by atoms with E-state index in [1.807, 2.05) is 0 Å². The summed E-state index contributed by atoms with van der Waals surface area (Å²) in [4.78, 5) is 16.9. The van der Waals surface area contributed by atoms with Crippen LogP contribution in [0.15, 0.2) is 6.20 Å². The standard InChI is InChI=1S/C9H10F3N3OS/c10-9(11,12)7-5-13-8(17-7)15-3-1-14(6-16)2-4-15/h5-6H,1-4H2. The first-order valence-electron chi connectivity index (χ1n) is 4.98. The molecule has 1 aromatic heterocycles. The summed E-state index contributed by atoms with van der Waals surface area (Å²) in [5.41, 5.74) is 0. The van der Waals surface area contributed by atoms with Crippen LogP contribution < -0.4 is 4.90 Å². The summed E-state index contributed by atoms with van der Waals surface area (Å²) < 4.78 is 37.1. The number of carbonyl (C=O) groups is 1. The summed E-state index contributed by atoms with van der Waals surface area (Å²) in [6.07, 6.45) is -2.73. The number of rotatable bonds is 2. The highest BCUT2D eigenvalue weighted by molar-refractivity contribution is 7.15. The molecule has 1 saturated heterocycles. The van der Waals surface area contributed by atoms with Crippen molar-refractivity contribution in [3.8, 4) is 0 Å². The highest BCUT2D eigenvalue weighted by Crippen LogP contribution is 2.36. The van der Waals surface area contributed by atoms with Crippen LogP contribution >= 0.6 is 11.3 Å². The van der Waals surface area contributed by atoms with Gasteiger partial charge >= 0.3 is 6.18 Å². The lowest BCUT2D eigenvalue weighted by Crippen LogP contribution is -2.45. The zero-order valence-electron chi connectivity index (χ0n) is 8.78. The van der Waals surface area contributed by atoms with Crippen molar-refractivity contribution in [1.29, 1.82) is 0 Å². The van der Waals surface area contributed by atoms with E-state index in [1.165, 1.54) is 0 Å². The first kappa shape index (κ1) is 12.2. The number of amides is 1. The first-order chi connectivity index (χ1) is 8.00. The van der Waals surface area contributed by atoms with E-state index in [0.29, 0.717) is 42.6 Å². The minimum absolute atomic E-state index is 0.364. The second-order valence-corrected chi connectivity index (χ2v) is 4.64. The van der Waals surface area contributed by atoms with Gasteiger partial charge in [0.05, 0.1) is 6.20 Å². The molecule has 0 bridgehead atoms. The maximum atomic E-state index is 12.4. The number of halogens is 3. The van der Waals surface area contributed by atoms with Crippen LogP contribution in [0.5, 0.6) is 0 Å². The summed E-state index contributed by atoms with van der Waals surface area (Å²) in [6.45, 7) is 2.07. The molecule has 8 heteroatoms. The second kappa shape index (κ2) is 4.52. The topological polar surface area (TPSA) is 36.4 Å². The average molecular weight is 265 g/mol. The summed E-state index contributed by atoms with van der Waals surface area (Å²) in [5.74, 6) is 0. The summed E-state index contributed by atoms with van der Waals surface area (Å²) in [6, 6.07) is 0. The molecule has 0 unspecified atom stereocenters. The Bertz CT molecular complexity index is 398. The monoisotopic (exact) mass is 265 g/mol. The third kappa shape index (κ3) is 2.68. The Morgan fingerprint density at radius 3 is 2.41 bits per heavy atom. The summed E-state index contributed by atoms with van der Waals surface area (Å²) >= 11 is 0.638. The van der Waals surface area contributed by atoms with Gasteiger partial charge in [0.25, 0.3) is 0 Å². The van der Waals surface area contributed by atoms with Gasteiger partial charge in [0.1, 0.15) is 4.88 Å². The van der Waals surface area contributed by atoms with Gasteiger partial charge in [0.2, 0.25) is 6.41 Å². The Morgan fingerprint density at radius 2 is 1.94 bits per heavy atom. The van der Waals surface area contributed by atoms with E-state index < -0.39 is 11.1 Å². The van der Waals surface area contributed by atoms with Gasteiger partial charge in [-0.3, -0.25) is 4.79 Å². The zero-order chi connectivity index (χ0) is 12.5. The van der Waals surface area contributed by atoms with Gasteiger partial charge in [-0.2, -0.15) is 13.2 Å². The number of piperazine rings is 1. The van der Waals surface area contributed by atoms with Crippen LogP contribution in [-0.4, -0.2) is 42.5 Å². The first-order valence-corrected chi connectivity index (χ1v) is 5.79. The lowest BCUT2D eigenvalue weighted by atomic mass is 10.3. The van der Waals surface area contributed by atoms with E-state index in [2.05, 4.69) is 4.98 Å². The number of hydrogen-bond acceptors (Lipinski definition) is 4. The van der Waals surface area contributed by atoms with Crippen LogP contribution in [0, 0.1) is 0 Å². The minimum Gasteiger partial charge on any atom is -0.345 e. The molecule has 1 aliphatic heterocycles. The summed E-state index contributed by atoms with van der Waals surface area (Å²) in [5, 5.41) is 0.364. The maximum absolute atomic E-state index is 12.4. The maximum Gasteiger partial charge on any atom is 0.427 e. The predicted octanol–water partition coefficient (Wildman–Crippen LogP) is 1.44. The van der Waals surface area contributed by atoms with Gasteiger partial charge in [-0.05, 0) is 0 Å². The van der Waals surface area contributed by atoms with Crippen LogP contribution in [-0.2, 0) is 11.0 Å². The molecule has 0 aliphatic carbocycles. The normalized spacial score (nSPS) is 17.4. The van der Waals surface area contributed by atoms with Crippen LogP contribution in [0.1, 0.15) is 4.88 Å². The van der Waals surface area contributed by atoms with Crippen molar-refractivity contribution in [3.05, 3.63) is 11.1 Å². The molecule has 1 amide bonds. The van der Waals surface area contributed by atoms with Gasteiger partial charge < -0.3 is 9.80 Å². The van der Waals surface area contributed by atoms with Gasteiger partial charge in [-0.1, -0.05) is 11.3 Å². The van der Waals surface area contributed by atoms with E-state index in [1.54, 1.807) is 9.80 Å². The number of anilines is 1. The van der Waals surface area contributed by atoms with E-state index in [4.69, 9.17) is 0 Å². The second-order valence-electron chi connectivity index (χ2n) is 3.63. The summed E-state index contributed by atoms with van der Waals surface area (Å²) in [7, 11) is 0. The molecule has 0 aromatic carbocycles. The van der Waals surface area contributed by atoms with Crippen molar-refractivity contribution in [3.63, 3.8) is 0 Å². The zero-order valence-corrected chi connectivity index (χ0v) is 9.59. The molecule has 17 heavy (non-hydrogen) atoms. The number of thiazole rings is 1. The Balaban J connectivity index is 2.04. The van der Waals surface area contributed by atoms with Crippen molar-refractivity contribution in [1.82, 2.24) is 9.88 Å². The van der Waals surface area contributed by atoms with Gasteiger partial charge in [-0.15, -0.1) is 0 Å². The molecule has 0 N–H and O–H groups in total. The molecule has 0 saturated carbocycles. The van der Waals surface area contributed by atoms with E-state index in [-0.39, 0.29) is 0 Å². The Kier molecular flexibility index (Phi) is 3.23. The highest BCUT2D eigenvalue weighted by Gasteiger charge is 2.34. The van der Waals surface area contributed by atoms with Crippen LogP contribution in [0.25, 0.3) is 0 Å². The third-order valence-corrected chi connectivity index (χ3v) is 3.61. The van der Waals surface area contributed by atoms with Gasteiger partial charge in [-0.25, -0.2) is 4.98 Å². The quantitative estimate of drug-likeness (QED) is 0.759. The van der Waals surface area contributed by atoms with Gasteiger partial charge in [0.15, 0.2) is 5.13 Å². The molecule has 1 aliphatic rings. The number of hydrogen-bond donors (Lipinski definition) is 0. The molecule has 94 valence electrons. The van der Waals surface area contributed by atoms with Gasteiger partial charge in [0, 0.05) is 26.2 Å². The molecule has 0 radical (unpaired) electrons. The number of nitrogens with zero attached hydrogens (tertiary/aromatic N) is 3. The highest BCUT2D eigenvalue weighted by atomic mass is 32.1. The van der Waals surface area contributed by atoms with Crippen molar-refractivity contribution in [2.24, 2.45) is 0 Å². The van der Waals surface area contributed by atoms with Crippen LogP contribution in [0.4, 0.5) is 18.3 Å². The fourth-order valence-corrected chi connectivity index (χ4v) is 2.40. The number of alkyl halides is 3. The molecule has 2 heterocycles. The lowest BCUT2D eigenvalue weighted by molar-refractivity contribution is -0.134. The number of aromatic nitrogens is 1. The fraction of sp³-hybridized carbons (Fsp3) is 0.556. The van der Waals surface area contributed by atoms with Crippen molar-refractivity contribution in [2.75, 3.05) is 31.1 Å². The average Bonchev–Trinajstić information content (AvgIpc) is 2.78. The Morgan fingerprint density at radius 1 is 1.29 bits per heavy atom. The molecule has 1 fully saturated rings. The van der Waals surface area contributed by atoms with Crippen LogP contribution in [0.2, 0.25) is 0 Å². The third-order valence-electron chi connectivity index (χ3n) is 2.51. The molecule has 4 nitrogen and oxygen atoms in total. The molecule has 1 aromatic rings. The Labute approximate surface area is 99.7 Å². The molecular weight excluding hydrogens is 255 g/mol. The van der Waals surface area contributed by atoms with E-state index in [0.717, 1.165) is 12.6 Å². The van der Waals surface area contributed by atoms with Crippen LogP contribution in [0.3, 0.4) is 0 Å². The Hall–Kier alpha value is -1.31. The molecule has 0 atom stereocenters. The van der Waals surface area contributed by atoms with Crippen molar-refractivity contribution < 1.29 is 18.0 Å². The van der Waals surface area contributed by atoms with Crippen molar-refractivity contribution >= 4 is 22.9 Å².